The lowest BCUT2D eigenvalue weighted by atomic mass is 9.92. The molecule has 0 fully saturated rings. The molecule has 0 amide bonds. The smallest absolute Gasteiger partial charge is 0.174 e. The van der Waals surface area contributed by atoms with E-state index in [-0.39, 0.29) is 6.04 Å². The molecule has 1 atom stereocenters. The third-order valence-electron chi connectivity index (χ3n) is 5.75. The highest BCUT2D eigenvalue weighted by molar-refractivity contribution is 7.80. The number of hydrogen-bond acceptors (Lipinski definition) is 5. The zero-order valence-electron chi connectivity index (χ0n) is 19.0. The van der Waals surface area contributed by atoms with Crippen LogP contribution in [0.4, 0.5) is 5.69 Å². The Hall–Kier alpha value is -3.45. The van der Waals surface area contributed by atoms with Crippen molar-refractivity contribution in [3.8, 4) is 23.0 Å². The van der Waals surface area contributed by atoms with Crippen LogP contribution in [0.15, 0.2) is 66.7 Å². The Bertz CT molecular complexity index is 1110. The standard InChI is InChI=1S/C26H28N2O4S/c1-29-22-11-7-8-12-23(22)32-17-21-20-16-25(31-3)24(30-2)15-18(20)13-14-28(21)26(33)27-19-9-5-4-6-10-19/h4-12,15-16,21H,13-14,17H2,1-3H3,(H,27,33)/t21-/m0/s1. The molecule has 1 N–H and O–H groups in total. The SMILES string of the molecule is COc1cc2c(cc1OC)[C@H](COc1ccccc1OC)N(C(=S)Nc1ccccc1)CC2. The lowest BCUT2D eigenvalue weighted by Crippen LogP contribution is -2.44. The molecule has 4 rings (SSSR count). The number of benzene rings is 3. The maximum Gasteiger partial charge on any atom is 0.174 e. The molecule has 172 valence electrons. The van der Waals surface area contributed by atoms with Gasteiger partial charge >= 0.3 is 0 Å². The highest BCUT2D eigenvalue weighted by Crippen LogP contribution is 2.39. The van der Waals surface area contributed by atoms with Gasteiger partial charge in [-0.1, -0.05) is 30.3 Å². The number of hydrogen-bond donors (Lipinski definition) is 1. The topological polar surface area (TPSA) is 52.2 Å². The lowest BCUT2D eigenvalue weighted by molar-refractivity contribution is 0.185. The van der Waals surface area contributed by atoms with Gasteiger partial charge in [-0.15, -0.1) is 0 Å². The molecule has 0 aromatic heterocycles. The Morgan fingerprint density at radius 3 is 2.21 bits per heavy atom. The van der Waals surface area contributed by atoms with Crippen LogP contribution in [0.3, 0.4) is 0 Å². The van der Waals surface area contributed by atoms with Gasteiger partial charge in [0, 0.05) is 12.2 Å². The van der Waals surface area contributed by atoms with Gasteiger partial charge in [0.05, 0.1) is 27.4 Å². The van der Waals surface area contributed by atoms with Crippen molar-refractivity contribution in [3.63, 3.8) is 0 Å². The molecule has 1 aliphatic heterocycles. The summed E-state index contributed by atoms with van der Waals surface area (Å²) in [4.78, 5) is 2.17. The highest BCUT2D eigenvalue weighted by atomic mass is 32.1. The molecular formula is C26H28N2O4S. The van der Waals surface area contributed by atoms with Crippen LogP contribution in [0.2, 0.25) is 0 Å². The monoisotopic (exact) mass is 464 g/mol. The van der Waals surface area contributed by atoms with Crippen molar-refractivity contribution in [2.24, 2.45) is 0 Å². The van der Waals surface area contributed by atoms with Crippen molar-refractivity contribution in [1.82, 2.24) is 4.90 Å². The van der Waals surface area contributed by atoms with Crippen molar-refractivity contribution in [2.75, 3.05) is 39.8 Å². The van der Waals surface area contributed by atoms with E-state index in [0.717, 1.165) is 30.0 Å². The molecule has 0 aliphatic carbocycles. The van der Waals surface area contributed by atoms with Gasteiger partial charge in [-0.3, -0.25) is 0 Å². The van der Waals surface area contributed by atoms with Crippen molar-refractivity contribution in [2.45, 2.75) is 12.5 Å². The number of rotatable bonds is 7. The average Bonchev–Trinajstić information content (AvgIpc) is 2.86. The van der Waals surface area contributed by atoms with E-state index in [0.29, 0.717) is 29.0 Å². The number of nitrogens with zero attached hydrogens (tertiary/aromatic N) is 1. The van der Waals surface area contributed by atoms with E-state index in [2.05, 4.69) is 16.3 Å². The number of methoxy groups -OCH3 is 3. The number of ether oxygens (including phenoxy) is 4. The zero-order chi connectivity index (χ0) is 23.2. The summed E-state index contributed by atoms with van der Waals surface area (Å²) in [6, 6.07) is 21.5. The predicted octanol–water partition coefficient (Wildman–Crippen LogP) is 5.09. The van der Waals surface area contributed by atoms with Crippen LogP contribution in [-0.2, 0) is 6.42 Å². The molecule has 0 radical (unpaired) electrons. The van der Waals surface area contributed by atoms with E-state index in [1.807, 2.05) is 60.7 Å². The number of fused-ring (bicyclic) bond motifs is 1. The highest BCUT2D eigenvalue weighted by Gasteiger charge is 2.31. The Labute approximate surface area is 200 Å². The van der Waals surface area contributed by atoms with Crippen LogP contribution in [0, 0.1) is 0 Å². The first-order chi connectivity index (χ1) is 16.1. The van der Waals surface area contributed by atoms with Gasteiger partial charge in [-0.2, -0.15) is 0 Å². The number of para-hydroxylation sites is 3. The molecule has 0 spiro atoms. The van der Waals surface area contributed by atoms with E-state index in [9.17, 15) is 0 Å². The van der Waals surface area contributed by atoms with Crippen LogP contribution in [-0.4, -0.2) is 44.5 Å². The minimum absolute atomic E-state index is 0.123. The van der Waals surface area contributed by atoms with Gasteiger partial charge in [-0.05, 0) is 66.2 Å². The van der Waals surface area contributed by atoms with Gasteiger partial charge in [0.2, 0.25) is 0 Å². The van der Waals surface area contributed by atoms with Crippen molar-refractivity contribution in [3.05, 3.63) is 77.9 Å². The predicted molar refractivity (Wildman–Crippen MR) is 134 cm³/mol. The van der Waals surface area contributed by atoms with Crippen LogP contribution >= 0.6 is 12.2 Å². The molecule has 0 bridgehead atoms. The summed E-state index contributed by atoms with van der Waals surface area (Å²) in [5.41, 5.74) is 3.25. The molecule has 6 nitrogen and oxygen atoms in total. The van der Waals surface area contributed by atoms with Crippen molar-refractivity contribution in [1.29, 1.82) is 0 Å². The summed E-state index contributed by atoms with van der Waals surface area (Å²) >= 11 is 5.83. The van der Waals surface area contributed by atoms with Crippen molar-refractivity contribution >= 4 is 23.0 Å². The van der Waals surface area contributed by atoms with Gasteiger partial charge in [-0.25, -0.2) is 0 Å². The summed E-state index contributed by atoms with van der Waals surface area (Å²) in [5.74, 6) is 2.79. The first-order valence-corrected chi connectivity index (χ1v) is 11.2. The fourth-order valence-electron chi connectivity index (χ4n) is 4.07. The summed E-state index contributed by atoms with van der Waals surface area (Å²) < 4.78 is 22.8. The summed E-state index contributed by atoms with van der Waals surface area (Å²) in [6.45, 7) is 1.14. The fraction of sp³-hybridized carbons (Fsp3) is 0.269. The Balaban J connectivity index is 1.66. The molecule has 3 aromatic rings. The van der Waals surface area contributed by atoms with Crippen LogP contribution in [0.1, 0.15) is 17.2 Å². The van der Waals surface area contributed by atoms with Gasteiger partial charge in [0.1, 0.15) is 6.61 Å². The second kappa shape index (κ2) is 10.4. The van der Waals surface area contributed by atoms with Crippen LogP contribution in [0.25, 0.3) is 0 Å². The number of nitrogens with one attached hydrogen (secondary N) is 1. The van der Waals surface area contributed by atoms with Gasteiger partial charge in [0.25, 0.3) is 0 Å². The Morgan fingerprint density at radius 1 is 0.879 bits per heavy atom. The first kappa shape index (κ1) is 22.7. The van der Waals surface area contributed by atoms with E-state index in [1.165, 1.54) is 5.56 Å². The van der Waals surface area contributed by atoms with Crippen LogP contribution < -0.4 is 24.3 Å². The third-order valence-corrected chi connectivity index (χ3v) is 6.09. The molecule has 33 heavy (non-hydrogen) atoms. The number of anilines is 1. The minimum Gasteiger partial charge on any atom is -0.493 e. The lowest BCUT2D eigenvalue weighted by Gasteiger charge is -2.39. The molecule has 1 aliphatic rings. The van der Waals surface area contributed by atoms with E-state index in [1.54, 1.807) is 21.3 Å². The Morgan fingerprint density at radius 2 is 1.52 bits per heavy atom. The Kier molecular flexibility index (Phi) is 7.19. The third kappa shape index (κ3) is 4.98. The number of thiocarbonyl (C=S) groups is 1. The molecule has 3 aromatic carbocycles. The van der Waals surface area contributed by atoms with Gasteiger partial charge in [0.15, 0.2) is 28.1 Å². The normalized spacial score (nSPS) is 14.8. The second-order valence-corrected chi connectivity index (χ2v) is 8.01. The molecular weight excluding hydrogens is 436 g/mol. The largest absolute Gasteiger partial charge is 0.493 e. The minimum atomic E-state index is -0.123. The fourth-order valence-corrected chi connectivity index (χ4v) is 4.41. The summed E-state index contributed by atoms with van der Waals surface area (Å²) in [6.07, 6.45) is 0.831. The molecule has 0 unspecified atom stereocenters. The van der Waals surface area contributed by atoms with Crippen molar-refractivity contribution < 1.29 is 18.9 Å². The quantitative estimate of drug-likeness (QED) is 0.489. The first-order valence-electron chi connectivity index (χ1n) is 10.8. The zero-order valence-corrected chi connectivity index (χ0v) is 19.9. The average molecular weight is 465 g/mol. The van der Waals surface area contributed by atoms with E-state index in [4.69, 9.17) is 31.2 Å². The molecule has 7 heteroatoms. The summed E-state index contributed by atoms with van der Waals surface area (Å²) in [5, 5.41) is 4.01. The van der Waals surface area contributed by atoms with Crippen LogP contribution in [0.5, 0.6) is 23.0 Å². The molecule has 0 saturated carbocycles. The maximum absolute atomic E-state index is 6.26. The second-order valence-electron chi connectivity index (χ2n) is 7.62. The maximum atomic E-state index is 6.26. The van der Waals surface area contributed by atoms with E-state index < -0.39 is 0 Å². The molecule has 1 heterocycles. The van der Waals surface area contributed by atoms with E-state index >= 15 is 0 Å². The van der Waals surface area contributed by atoms with Gasteiger partial charge < -0.3 is 29.2 Å². The summed E-state index contributed by atoms with van der Waals surface area (Å²) in [7, 11) is 4.94. The molecule has 0 saturated heterocycles.